The fourth-order valence-corrected chi connectivity index (χ4v) is 4.12. The number of aromatic nitrogens is 1. The lowest BCUT2D eigenvalue weighted by molar-refractivity contribution is -0.129. The third-order valence-corrected chi connectivity index (χ3v) is 5.74. The van der Waals surface area contributed by atoms with Gasteiger partial charge in [0.15, 0.2) is 0 Å². The second-order valence-corrected chi connectivity index (χ2v) is 7.62. The molecule has 1 aromatic carbocycles. The van der Waals surface area contributed by atoms with Gasteiger partial charge in [-0.2, -0.15) is 0 Å². The van der Waals surface area contributed by atoms with E-state index in [1.54, 1.807) is 17.3 Å². The zero-order valence-corrected chi connectivity index (χ0v) is 16.9. The number of nitrogens with one attached hydrogen (secondary N) is 1. The second kappa shape index (κ2) is 8.28. The Morgan fingerprint density at radius 3 is 2.71 bits per heavy atom. The lowest BCUT2D eigenvalue weighted by atomic mass is 10.1. The molecule has 0 saturated carbocycles. The van der Waals surface area contributed by atoms with Gasteiger partial charge in [-0.25, -0.2) is 0 Å². The lowest BCUT2D eigenvalue weighted by Gasteiger charge is -2.30. The summed E-state index contributed by atoms with van der Waals surface area (Å²) in [5.74, 6) is -1.17. The molecule has 1 N–H and O–H groups in total. The van der Waals surface area contributed by atoms with Gasteiger partial charge in [-0.3, -0.25) is 14.6 Å². The van der Waals surface area contributed by atoms with Gasteiger partial charge in [-0.05, 0) is 40.5 Å². The second-order valence-electron chi connectivity index (χ2n) is 6.76. The summed E-state index contributed by atoms with van der Waals surface area (Å²) >= 11 is 3.48. The molecule has 2 fully saturated rings. The number of anilines is 3. The zero-order chi connectivity index (χ0) is 19.5. The van der Waals surface area contributed by atoms with E-state index in [0.717, 1.165) is 28.9 Å². The van der Waals surface area contributed by atoms with Crippen molar-refractivity contribution in [2.75, 3.05) is 48.0 Å². The summed E-state index contributed by atoms with van der Waals surface area (Å²) < 4.78 is 6.24. The molecule has 146 valence electrons. The number of ether oxygens (including phenoxy) is 1. The van der Waals surface area contributed by atoms with Crippen molar-refractivity contribution in [2.24, 2.45) is 5.92 Å². The Kier molecular flexibility index (Phi) is 5.59. The molecular formula is C20H21BrN4O3. The molecule has 8 heteroatoms. The summed E-state index contributed by atoms with van der Waals surface area (Å²) in [6.07, 6.45) is 3.82. The van der Waals surface area contributed by atoms with E-state index >= 15 is 0 Å². The monoisotopic (exact) mass is 444 g/mol. The molecule has 2 amide bonds. The van der Waals surface area contributed by atoms with Crippen molar-refractivity contribution in [1.29, 1.82) is 0 Å². The van der Waals surface area contributed by atoms with Crippen molar-refractivity contribution in [3.05, 3.63) is 47.2 Å². The third kappa shape index (κ3) is 3.74. The first-order valence-electron chi connectivity index (χ1n) is 9.28. The van der Waals surface area contributed by atoms with Gasteiger partial charge in [0.05, 0.1) is 36.5 Å². The highest BCUT2D eigenvalue weighted by molar-refractivity contribution is 9.10. The first-order valence-corrected chi connectivity index (χ1v) is 10.1. The van der Waals surface area contributed by atoms with E-state index in [2.05, 4.69) is 31.1 Å². The van der Waals surface area contributed by atoms with Crippen LogP contribution in [0.2, 0.25) is 0 Å². The Morgan fingerprint density at radius 2 is 1.93 bits per heavy atom. The van der Waals surface area contributed by atoms with Crippen LogP contribution in [0, 0.1) is 5.92 Å². The van der Waals surface area contributed by atoms with Crippen LogP contribution in [0.5, 0.6) is 0 Å². The number of carbonyl (C=O) groups excluding carboxylic acids is 2. The van der Waals surface area contributed by atoms with Crippen molar-refractivity contribution >= 4 is 44.8 Å². The molecule has 4 rings (SSSR count). The summed E-state index contributed by atoms with van der Waals surface area (Å²) in [7, 11) is 0. The maximum atomic E-state index is 12.9. The minimum Gasteiger partial charge on any atom is -0.378 e. The summed E-state index contributed by atoms with van der Waals surface area (Å²) in [6.45, 7) is 3.33. The van der Waals surface area contributed by atoms with Gasteiger partial charge >= 0.3 is 0 Å². The number of morpholine rings is 1. The number of hydrogen-bond donors (Lipinski definition) is 1. The molecule has 2 aliphatic rings. The lowest BCUT2D eigenvalue weighted by Crippen LogP contribution is -2.37. The normalized spacial score (nSPS) is 19.8. The summed E-state index contributed by atoms with van der Waals surface area (Å²) in [4.78, 5) is 33.7. The van der Waals surface area contributed by atoms with Gasteiger partial charge in [0.25, 0.3) is 0 Å². The van der Waals surface area contributed by atoms with Gasteiger partial charge in [-0.1, -0.05) is 12.1 Å². The molecule has 28 heavy (non-hydrogen) atoms. The number of para-hydroxylation sites is 1. The van der Waals surface area contributed by atoms with Crippen LogP contribution < -0.4 is 15.1 Å². The number of rotatable bonds is 4. The molecule has 0 spiro atoms. The Bertz CT molecular complexity index is 885. The quantitative estimate of drug-likeness (QED) is 0.733. The van der Waals surface area contributed by atoms with Crippen LogP contribution in [0.25, 0.3) is 0 Å². The minimum absolute atomic E-state index is 0.179. The first kappa shape index (κ1) is 18.9. The molecule has 2 aromatic rings. The number of nitrogens with zero attached hydrogens (tertiary/aromatic N) is 3. The maximum Gasteiger partial charge on any atom is 0.239 e. The van der Waals surface area contributed by atoms with Gasteiger partial charge < -0.3 is 19.9 Å². The predicted molar refractivity (Wildman–Crippen MR) is 111 cm³/mol. The SMILES string of the molecule is O=C(Nc1cnccc1N1CCOCC1)[C@@H]1CCN(c2ccccc2Br)C1=O. The standard InChI is InChI=1S/C20H21BrN4O3/c21-15-3-1-2-4-17(15)25-8-6-14(20(25)27)19(26)23-16-13-22-7-5-18(16)24-9-11-28-12-10-24/h1-5,7,13-14H,6,8-12H2,(H,23,26)/t14-/m0/s1. The van der Waals surface area contributed by atoms with Gasteiger partial charge in [0.1, 0.15) is 5.92 Å². The van der Waals surface area contributed by atoms with Crippen LogP contribution in [0.3, 0.4) is 0 Å². The van der Waals surface area contributed by atoms with Crippen LogP contribution in [-0.4, -0.2) is 49.6 Å². The van der Waals surface area contributed by atoms with E-state index in [-0.39, 0.29) is 11.8 Å². The number of pyridine rings is 1. The van der Waals surface area contributed by atoms with Crippen molar-refractivity contribution < 1.29 is 14.3 Å². The number of benzene rings is 1. The van der Waals surface area contributed by atoms with E-state index in [0.29, 0.717) is 31.9 Å². The molecule has 1 atom stereocenters. The van der Waals surface area contributed by atoms with E-state index in [1.165, 1.54) is 0 Å². The molecule has 0 bridgehead atoms. The highest BCUT2D eigenvalue weighted by Crippen LogP contribution is 2.32. The molecule has 2 aliphatic heterocycles. The number of carbonyl (C=O) groups is 2. The zero-order valence-electron chi connectivity index (χ0n) is 15.3. The highest BCUT2D eigenvalue weighted by Gasteiger charge is 2.38. The Balaban J connectivity index is 1.49. The summed E-state index contributed by atoms with van der Waals surface area (Å²) in [5.41, 5.74) is 2.32. The number of hydrogen-bond acceptors (Lipinski definition) is 5. The molecule has 0 radical (unpaired) electrons. The third-order valence-electron chi connectivity index (χ3n) is 5.07. The van der Waals surface area contributed by atoms with Crippen LogP contribution in [-0.2, 0) is 14.3 Å². The van der Waals surface area contributed by atoms with Crippen LogP contribution in [0.1, 0.15) is 6.42 Å². The summed E-state index contributed by atoms with van der Waals surface area (Å²) in [6, 6.07) is 9.42. The molecule has 1 aromatic heterocycles. The number of halogens is 1. The van der Waals surface area contributed by atoms with Crippen molar-refractivity contribution in [1.82, 2.24) is 4.98 Å². The maximum absolute atomic E-state index is 12.9. The van der Waals surface area contributed by atoms with E-state index in [9.17, 15) is 9.59 Å². The molecule has 0 unspecified atom stereocenters. The Labute approximate surface area is 171 Å². The number of amides is 2. The topological polar surface area (TPSA) is 74.8 Å². The molecule has 2 saturated heterocycles. The summed E-state index contributed by atoms with van der Waals surface area (Å²) in [5, 5.41) is 2.92. The Hall–Kier alpha value is -2.45. The smallest absolute Gasteiger partial charge is 0.239 e. The van der Waals surface area contributed by atoms with Crippen molar-refractivity contribution in [3.8, 4) is 0 Å². The van der Waals surface area contributed by atoms with Gasteiger partial charge in [0.2, 0.25) is 11.8 Å². The first-order chi connectivity index (χ1) is 13.6. The minimum atomic E-state index is -0.704. The van der Waals surface area contributed by atoms with Crippen molar-refractivity contribution in [3.63, 3.8) is 0 Å². The van der Waals surface area contributed by atoms with E-state index in [1.807, 2.05) is 30.3 Å². The predicted octanol–water partition coefficient (Wildman–Crippen LogP) is 2.67. The van der Waals surface area contributed by atoms with E-state index < -0.39 is 5.92 Å². The van der Waals surface area contributed by atoms with Gasteiger partial charge in [0, 0.05) is 30.3 Å². The van der Waals surface area contributed by atoms with E-state index in [4.69, 9.17) is 4.74 Å². The largest absolute Gasteiger partial charge is 0.378 e. The molecule has 0 aliphatic carbocycles. The molecular weight excluding hydrogens is 424 g/mol. The fraction of sp³-hybridized carbons (Fsp3) is 0.350. The van der Waals surface area contributed by atoms with Crippen molar-refractivity contribution in [2.45, 2.75) is 6.42 Å². The average molecular weight is 445 g/mol. The van der Waals surface area contributed by atoms with Gasteiger partial charge in [-0.15, -0.1) is 0 Å². The molecule has 3 heterocycles. The fourth-order valence-electron chi connectivity index (χ4n) is 3.62. The van der Waals surface area contributed by atoms with Crippen LogP contribution in [0.15, 0.2) is 47.2 Å². The Morgan fingerprint density at radius 1 is 1.14 bits per heavy atom. The van der Waals surface area contributed by atoms with Crippen LogP contribution >= 0.6 is 15.9 Å². The molecule has 7 nitrogen and oxygen atoms in total. The van der Waals surface area contributed by atoms with Crippen LogP contribution in [0.4, 0.5) is 17.1 Å². The highest BCUT2D eigenvalue weighted by atomic mass is 79.9. The average Bonchev–Trinajstić information content (AvgIpc) is 3.11.